The third kappa shape index (κ3) is 6.56. The van der Waals surface area contributed by atoms with E-state index in [1.807, 2.05) is 0 Å². The van der Waals surface area contributed by atoms with Gasteiger partial charge in [0.15, 0.2) is 9.84 Å². The van der Waals surface area contributed by atoms with Crippen LogP contribution in [-0.2, 0) is 20.8 Å². The molecular formula is C21H16ClF3N2O4S2. The predicted molar refractivity (Wildman–Crippen MR) is 120 cm³/mol. The number of halogens is 4. The van der Waals surface area contributed by atoms with E-state index in [0.717, 1.165) is 23.5 Å². The Morgan fingerprint density at radius 2 is 1.64 bits per heavy atom. The Labute approximate surface area is 196 Å². The first kappa shape index (κ1) is 24.7. The van der Waals surface area contributed by atoms with Crippen LogP contribution in [0.1, 0.15) is 22.3 Å². The number of hydrogen-bond acceptors (Lipinski definition) is 5. The molecule has 2 N–H and O–H groups in total. The van der Waals surface area contributed by atoms with Gasteiger partial charge in [-0.2, -0.15) is 13.2 Å². The number of carbonyl (C=O) groups is 2. The molecule has 2 amide bonds. The SMILES string of the molecule is O=C(CCS(=O)(=O)c1cccs1)Nc1ccc(C(=O)Nc2ccc(Cl)c(C(F)(F)F)c2)cc1. The maximum Gasteiger partial charge on any atom is 0.417 e. The van der Waals surface area contributed by atoms with Crippen molar-refractivity contribution in [1.82, 2.24) is 0 Å². The summed E-state index contributed by atoms with van der Waals surface area (Å²) in [4.78, 5) is 24.4. The highest BCUT2D eigenvalue weighted by molar-refractivity contribution is 7.93. The first-order chi connectivity index (χ1) is 15.5. The van der Waals surface area contributed by atoms with Crippen LogP contribution in [0.4, 0.5) is 24.5 Å². The number of thiophene rings is 1. The lowest BCUT2D eigenvalue weighted by molar-refractivity contribution is -0.137. The van der Waals surface area contributed by atoms with Gasteiger partial charge in [0.05, 0.1) is 16.3 Å². The van der Waals surface area contributed by atoms with Gasteiger partial charge < -0.3 is 10.6 Å². The van der Waals surface area contributed by atoms with Gasteiger partial charge in [-0.25, -0.2) is 8.42 Å². The van der Waals surface area contributed by atoms with Gasteiger partial charge in [0.1, 0.15) is 4.21 Å². The highest BCUT2D eigenvalue weighted by atomic mass is 35.5. The molecule has 1 aromatic heterocycles. The topological polar surface area (TPSA) is 92.3 Å². The summed E-state index contributed by atoms with van der Waals surface area (Å²) < 4.78 is 63.3. The Morgan fingerprint density at radius 3 is 2.24 bits per heavy atom. The summed E-state index contributed by atoms with van der Waals surface area (Å²) in [6, 6.07) is 11.7. The molecule has 6 nitrogen and oxygen atoms in total. The smallest absolute Gasteiger partial charge is 0.326 e. The Morgan fingerprint density at radius 1 is 0.970 bits per heavy atom. The minimum absolute atomic E-state index is 0.0824. The van der Waals surface area contributed by atoms with Crippen LogP contribution in [0.2, 0.25) is 5.02 Å². The van der Waals surface area contributed by atoms with Crippen LogP contribution in [-0.4, -0.2) is 26.0 Å². The number of nitrogens with one attached hydrogen (secondary N) is 2. The molecule has 33 heavy (non-hydrogen) atoms. The second-order valence-electron chi connectivity index (χ2n) is 6.77. The number of sulfone groups is 1. The van der Waals surface area contributed by atoms with Crippen LogP contribution in [0.15, 0.2) is 64.2 Å². The summed E-state index contributed by atoms with van der Waals surface area (Å²) in [6.45, 7) is 0. The number of carbonyl (C=O) groups excluding carboxylic acids is 2. The molecular weight excluding hydrogens is 501 g/mol. The van der Waals surface area contributed by atoms with E-state index in [2.05, 4.69) is 10.6 Å². The summed E-state index contributed by atoms with van der Waals surface area (Å²) in [7, 11) is -3.54. The Balaban J connectivity index is 1.58. The fraction of sp³-hybridized carbons (Fsp3) is 0.143. The predicted octanol–water partition coefficient (Wildman–Crippen LogP) is 5.48. The van der Waals surface area contributed by atoms with E-state index < -0.39 is 38.4 Å². The number of amides is 2. The fourth-order valence-corrected chi connectivity index (χ4v) is 5.34. The quantitative estimate of drug-likeness (QED) is 0.435. The normalized spacial score (nSPS) is 11.8. The summed E-state index contributed by atoms with van der Waals surface area (Å²) in [5.74, 6) is -1.53. The van der Waals surface area contributed by atoms with Crippen LogP contribution in [0.3, 0.4) is 0 Å². The summed E-state index contributed by atoms with van der Waals surface area (Å²) in [5.41, 5.74) is -0.685. The Bertz CT molecular complexity index is 1260. The lowest BCUT2D eigenvalue weighted by atomic mass is 10.1. The van der Waals surface area contributed by atoms with Gasteiger partial charge in [-0.05, 0) is 53.9 Å². The second-order valence-corrected chi connectivity index (χ2v) is 10.5. The van der Waals surface area contributed by atoms with Crippen LogP contribution in [0.25, 0.3) is 0 Å². The first-order valence-electron chi connectivity index (χ1n) is 9.30. The highest BCUT2D eigenvalue weighted by Gasteiger charge is 2.33. The van der Waals surface area contributed by atoms with Crippen molar-refractivity contribution >= 4 is 56.0 Å². The summed E-state index contributed by atoms with van der Waals surface area (Å²) in [5, 5.41) is 6.04. The van der Waals surface area contributed by atoms with E-state index in [1.54, 1.807) is 11.4 Å². The van der Waals surface area contributed by atoms with Crippen LogP contribution in [0.5, 0.6) is 0 Å². The van der Waals surface area contributed by atoms with Gasteiger partial charge in [-0.3, -0.25) is 9.59 Å². The largest absolute Gasteiger partial charge is 0.417 e. The van der Waals surface area contributed by atoms with Crippen molar-refractivity contribution in [1.29, 1.82) is 0 Å². The van der Waals surface area contributed by atoms with Gasteiger partial charge in [0.25, 0.3) is 5.91 Å². The third-order valence-corrected chi connectivity index (χ3v) is 7.89. The minimum atomic E-state index is -4.67. The van der Waals surface area contributed by atoms with E-state index in [4.69, 9.17) is 11.6 Å². The molecule has 0 aliphatic carbocycles. The molecule has 0 saturated heterocycles. The van der Waals surface area contributed by atoms with E-state index in [-0.39, 0.29) is 27.6 Å². The zero-order valence-electron chi connectivity index (χ0n) is 16.6. The number of rotatable bonds is 7. The zero-order chi connectivity index (χ0) is 24.2. The summed E-state index contributed by atoms with van der Waals surface area (Å²) in [6.07, 6.45) is -4.92. The molecule has 0 radical (unpaired) electrons. The van der Waals surface area contributed by atoms with Crippen LogP contribution < -0.4 is 10.6 Å². The number of anilines is 2. The molecule has 0 fully saturated rings. The number of alkyl halides is 3. The van der Waals surface area contributed by atoms with Gasteiger partial charge in [-0.1, -0.05) is 17.7 Å². The van der Waals surface area contributed by atoms with E-state index in [1.165, 1.54) is 36.4 Å². The monoisotopic (exact) mass is 516 g/mol. The molecule has 0 bridgehead atoms. The molecule has 12 heteroatoms. The maximum absolute atomic E-state index is 13.0. The average Bonchev–Trinajstić information content (AvgIpc) is 3.29. The van der Waals surface area contributed by atoms with Crippen molar-refractivity contribution in [3.05, 3.63) is 76.1 Å². The van der Waals surface area contributed by atoms with Gasteiger partial charge in [-0.15, -0.1) is 11.3 Å². The molecule has 2 aromatic carbocycles. The minimum Gasteiger partial charge on any atom is -0.326 e. The zero-order valence-corrected chi connectivity index (χ0v) is 19.0. The third-order valence-electron chi connectivity index (χ3n) is 4.36. The molecule has 0 atom stereocenters. The lowest BCUT2D eigenvalue weighted by Crippen LogP contribution is -2.17. The Hall–Kier alpha value is -2.89. The van der Waals surface area contributed by atoms with Gasteiger partial charge in [0, 0.05) is 23.4 Å². The first-order valence-corrected chi connectivity index (χ1v) is 12.2. The van der Waals surface area contributed by atoms with Crippen molar-refractivity contribution in [3.8, 4) is 0 Å². The van der Waals surface area contributed by atoms with E-state index >= 15 is 0 Å². The van der Waals surface area contributed by atoms with Crippen molar-refractivity contribution in [3.63, 3.8) is 0 Å². The van der Waals surface area contributed by atoms with Gasteiger partial charge >= 0.3 is 6.18 Å². The number of benzene rings is 2. The fourth-order valence-electron chi connectivity index (χ4n) is 2.72. The molecule has 0 aliphatic rings. The maximum atomic E-state index is 13.0. The number of hydrogen-bond donors (Lipinski definition) is 2. The molecule has 3 aromatic rings. The standard InChI is InChI=1S/C21H16ClF3N2O4S2/c22-17-8-7-15(12-16(17)21(23,24)25)27-20(29)13-3-5-14(6-4-13)26-18(28)9-11-33(30,31)19-2-1-10-32-19/h1-8,10,12H,9,11H2,(H,26,28)(H,27,29). The molecule has 0 saturated carbocycles. The van der Waals surface area contributed by atoms with Crippen molar-refractivity contribution in [2.45, 2.75) is 16.8 Å². The summed E-state index contributed by atoms with van der Waals surface area (Å²) >= 11 is 6.64. The lowest BCUT2D eigenvalue weighted by Gasteiger charge is -2.12. The van der Waals surface area contributed by atoms with Crippen molar-refractivity contribution in [2.24, 2.45) is 0 Å². The van der Waals surface area contributed by atoms with Crippen LogP contribution in [0, 0.1) is 0 Å². The molecule has 174 valence electrons. The molecule has 3 rings (SSSR count). The average molecular weight is 517 g/mol. The highest BCUT2D eigenvalue weighted by Crippen LogP contribution is 2.36. The molecule has 0 spiro atoms. The molecule has 0 aliphatic heterocycles. The van der Waals surface area contributed by atoms with Crippen molar-refractivity contribution in [2.75, 3.05) is 16.4 Å². The van der Waals surface area contributed by atoms with Crippen LogP contribution >= 0.6 is 22.9 Å². The molecule has 1 heterocycles. The Kier molecular flexibility index (Phi) is 7.45. The van der Waals surface area contributed by atoms with Crippen molar-refractivity contribution < 1.29 is 31.2 Å². The van der Waals surface area contributed by atoms with E-state index in [0.29, 0.717) is 5.69 Å². The van der Waals surface area contributed by atoms with E-state index in [9.17, 15) is 31.2 Å². The van der Waals surface area contributed by atoms with Gasteiger partial charge in [0.2, 0.25) is 5.91 Å². The second kappa shape index (κ2) is 9.94. The molecule has 0 unspecified atom stereocenters.